The van der Waals surface area contributed by atoms with Crippen LogP contribution in [0.2, 0.25) is 0 Å². The standard InChI is InChI=1S/C10H20O/c1-3-9(11)10(2)7-5-4-6-8-10/h9,11H,3-8H2,1-2H3. The van der Waals surface area contributed by atoms with Gasteiger partial charge in [0.25, 0.3) is 0 Å². The van der Waals surface area contributed by atoms with E-state index in [2.05, 4.69) is 13.8 Å². The van der Waals surface area contributed by atoms with Crippen LogP contribution in [0.1, 0.15) is 52.4 Å². The SMILES string of the molecule is CCC(O)C1(C)CCCCC1. The quantitative estimate of drug-likeness (QED) is 0.651. The first-order valence-electron chi connectivity index (χ1n) is 4.87. The van der Waals surface area contributed by atoms with Gasteiger partial charge in [-0.15, -0.1) is 0 Å². The second-order valence-corrected chi connectivity index (χ2v) is 4.14. The molecule has 1 aliphatic carbocycles. The van der Waals surface area contributed by atoms with Crippen molar-refractivity contribution >= 4 is 0 Å². The van der Waals surface area contributed by atoms with E-state index in [1.165, 1.54) is 32.1 Å². The lowest BCUT2D eigenvalue weighted by Crippen LogP contribution is -2.33. The molecule has 0 aliphatic heterocycles. The van der Waals surface area contributed by atoms with Gasteiger partial charge in [0.1, 0.15) is 0 Å². The summed E-state index contributed by atoms with van der Waals surface area (Å²) in [4.78, 5) is 0. The molecule has 0 amide bonds. The predicted octanol–water partition coefficient (Wildman–Crippen LogP) is 2.73. The van der Waals surface area contributed by atoms with Gasteiger partial charge in [0.2, 0.25) is 0 Å². The van der Waals surface area contributed by atoms with Gasteiger partial charge < -0.3 is 5.11 Å². The van der Waals surface area contributed by atoms with Crippen molar-refractivity contribution in [2.24, 2.45) is 5.41 Å². The molecule has 0 aromatic rings. The zero-order valence-electron chi connectivity index (χ0n) is 7.77. The van der Waals surface area contributed by atoms with Crippen LogP contribution < -0.4 is 0 Å². The zero-order chi connectivity index (χ0) is 8.32. The van der Waals surface area contributed by atoms with Crippen LogP contribution in [0.5, 0.6) is 0 Å². The zero-order valence-corrected chi connectivity index (χ0v) is 7.77. The monoisotopic (exact) mass is 156 g/mol. The minimum Gasteiger partial charge on any atom is -0.393 e. The highest BCUT2D eigenvalue weighted by atomic mass is 16.3. The van der Waals surface area contributed by atoms with Gasteiger partial charge in [-0.1, -0.05) is 33.1 Å². The first-order chi connectivity index (χ1) is 5.19. The molecule has 1 atom stereocenters. The van der Waals surface area contributed by atoms with Gasteiger partial charge in [-0.05, 0) is 24.7 Å². The molecule has 1 fully saturated rings. The third-order valence-electron chi connectivity index (χ3n) is 3.19. The second-order valence-electron chi connectivity index (χ2n) is 4.14. The fourth-order valence-corrected chi connectivity index (χ4v) is 2.19. The molecule has 0 aromatic heterocycles. The molecule has 1 N–H and O–H groups in total. The first kappa shape index (κ1) is 9.05. The van der Waals surface area contributed by atoms with E-state index in [0.29, 0.717) is 0 Å². The highest BCUT2D eigenvalue weighted by Gasteiger charge is 2.32. The largest absolute Gasteiger partial charge is 0.393 e. The summed E-state index contributed by atoms with van der Waals surface area (Å²) in [5.74, 6) is 0. The molecule has 0 aromatic carbocycles. The third kappa shape index (κ3) is 1.96. The van der Waals surface area contributed by atoms with E-state index < -0.39 is 0 Å². The van der Waals surface area contributed by atoms with Crippen LogP contribution in [0.4, 0.5) is 0 Å². The molecule has 1 saturated carbocycles. The average molecular weight is 156 g/mol. The molecule has 0 heterocycles. The van der Waals surface area contributed by atoms with Crippen molar-refractivity contribution in [2.75, 3.05) is 0 Å². The lowest BCUT2D eigenvalue weighted by molar-refractivity contribution is 0.00760. The Morgan fingerprint density at radius 1 is 1.27 bits per heavy atom. The molecule has 1 rings (SSSR count). The summed E-state index contributed by atoms with van der Waals surface area (Å²) in [6.07, 6.45) is 7.29. The molecule has 1 unspecified atom stereocenters. The van der Waals surface area contributed by atoms with E-state index in [1.54, 1.807) is 0 Å². The maximum Gasteiger partial charge on any atom is 0.0591 e. The molecule has 0 saturated heterocycles. The van der Waals surface area contributed by atoms with Crippen molar-refractivity contribution in [1.82, 2.24) is 0 Å². The fourth-order valence-electron chi connectivity index (χ4n) is 2.19. The number of hydrogen-bond acceptors (Lipinski definition) is 1. The topological polar surface area (TPSA) is 20.2 Å². The van der Waals surface area contributed by atoms with E-state index in [4.69, 9.17) is 0 Å². The molecular formula is C10H20O. The van der Waals surface area contributed by atoms with Crippen LogP contribution >= 0.6 is 0 Å². The Balaban J connectivity index is 2.49. The molecule has 0 radical (unpaired) electrons. The minimum absolute atomic E-state index is 0.0669. The third-order valence-corrected chi connectivity index (χ3v) is 3.19. The van der Waals surface area contributed by atoms with Crippen molar-refractivity contribution in [3.63, 3.8) is 0 Å². The summed E-state index contributed by atoms with van der Waals surface area (Å²) >= 11 is 0. The Morgan fingerprint density at radius 2 is 1.82 bits per heavy atom. The lowest BCUT2D eigenvalue weighted by atomic mass is 9.71. The van der Waals surface area contributed by atoms with Crippen LogP contribution in [-0.4, -0.2) is 11.2 Å². The minimum atomic E-state index is -0.0669. The normalized spacial score (nSPS) is 26.5. The van der Waals surface area contributed by atoms with Gasteiger partial charge in [0.05, 0.1) is 6.10 Å². The van der Waals surface area contributed by atoms with Gasteiger partial charge in [0, 0.05) is 0 Å². The smallest absolute Gasteiger partial charge is 0.0591 e. The first-order valence-corrected chi connectivity index (χ1v) is 4.87. The van der Waals surface area contributed by atoms with E-state index >= 15 is 0 Å². The van der Waals surface area contributed by atoms with Crippen molar-refractivity contribution in [1.29, 1.82) is 0 Å². The maximum absolute atomic E-state index is 9.74. The summed E-state index contributed by atoms with van der Waals surface area (Å²) in [5.41, 5.74) is 0.243. The second kappa shape index (κ2) is 3.57. The molecule has 1 heteroatoms. The summed E-state index contributed by atoms with van der Waals surface area (Å²) in [7, 11) is 0. The van der Waals surface area contributed by atoms with Crippen LogP contribution in [0, 0.1) is 5.41 Å². The Morgan fingerprint density at radius 3 is 2.27 bits per heavy atom. The Bertz CT molecular complexity index is 114. The van der Waals surface area contributed by atoms with Crippen molar-refractivity contribution in [3.8, 4) is 0 Å². The number of hydrogen-bond donors (Lipinski definition) is 1. The van der Waals surface area contributed by atoms with E-state index in [-0.39, 0.29) is 11.5 Å². The molecule has 0 spiro atoms. The number of aliphatic hydroxyl groups is 1. The van der Waals surface area contributed by atoms with E-state index in [9.17, 15) is 5.11 Å². The van der Waals surface area contributed by atoms with Crippen LogP contribution in [0.3, 0.4) is 0 Å². The van der Waals surface area contributed by atoms with Crippen molar-refractivity contribution < 1.29 is 5.11 Å². The lowest BCUT2D eigenvalue weighted by Gasteiger charge is -2.37. The summed E-state index contributed by atoms with van der Waals surface area (Å²) in [5, 5.41) is 9.74. The highest BCUT2D eigenvalue weighted by molar-refractivity contribution is 4.84. The van der Waals surface area contributed by atoms with Crippen molar-refractivity contribution in [3.05, 3.63) is 0 Å². The maximum atomic E-state index is 9.74. The van der Waals surface area contributed by atoms with Gasteiger partial charge in [-0.2, -0.15) is 0 Å². The Labute approximate surface area is 69.8 Å². The van der Waals surface area contributed by atoms with Gasteiger partial charge in [0.15, 0.2) is 0 Å². The highest BCUT2D eigenvalue weighted by Crippen LogP contribution is 2.39. The molecule has 11 heavy (non-hydrogen) atoms. The van der Waals surface area contributed by atoms with Gasteiger partial charge >= 0.3 is 0 Å². The molecule has 1 aliphatic rings. The summed E-state index contributed by atoms with van der Waals surface area (Å²) < 4.78 is 0. The van der Waals surface area contributed by atoms with E-state index in [0.717, 1.165) is 6.42 Å². The van der Waals surface area contributed by atoms with E-state index in [1.807, 2.05) is 0 Å². The average Bonchev–Trinajstić information content (AvgIpc) is 2.04. The fraction of sp³-hybridized carbons (Fsp3) is 1.00. The van der Waals surface area contributed by atoms with Gasteiger partial charge in [-0.25, -0.2) is 0 Å². The number of rotatable bonds is 2. The summed E-state index contributed by atoms with van der Waals surface area (Å²) in [6.45, 7) is 4.31. The van der Waals surface area contributed by atoms with Crippen LogP contribution in [0.15, 0.2) is 0 Å². The van der Waals surface area contributed by atoms with Crippen LogP contribution in [0.25, 0.3) is 0 Å². The molecular weight excluding hydrogens is 136 g/mol. The molecule has 66 valence electrons. The Kier molecular flexibility index (Phi) is 2.94. The number of aliphatic hydroxyl groups excluding tert-OH is 1. The predicted molar refractivity (Wildman–Crippen MR) is 47.5 cm³/mol. The van der Waals surface area contributed by atoms with Gasteiger partial charge in [-0.3, -0.25) is 0 Å². The van der Waals surface area contributed by atoms with Crippen molar-refractivity contribution in [2.45, 2.75) is 58.5 Å². The summed E-state index contributed by atoms with van der Waals surface area (Å²) in [6, 6.07) is 0. The molecule has 1 nitrogen and oxygen atoms in total. The molecule has 0 bridgehead atoms. The van der Waals surface area contributed by atoms with Crippen LogP contribution in [-0.2, 0) is 0 Å². The Hall–Kier alpha value is -0.0400.